The molecule has 0 saturated carbocycles. The van der Waals surface area contributed by atoms with E-state index in [4.69, 9.17) is 0 Å². The molecule has 0 bridgehead atoms. The molecule has 1 aromatic carbocycles. The fraction of sp³-hybridized carbons (Fsp3) is 0.125. The van der Waals surface area contributed by atoms with E-state index >= 15 is 0 Å². The molecule has 4 aromatic rings. The number of benzene rings is 1. The summed E-state index contributed by atoms with van der Waals surface area (Å²) >= 11 is 4.20. The second kappa shape index (κ2) is 5.30. The van der Waals surface area contributed by atoms with E-state index in [0.717, 1.165) is 31.2 Å². The first-order valence-electron chi connectivity index (χ1n) is 6.90. The maximum absolute atomic E-state index is 10.6. The summed E-state index contributed by atoms with van der Waals surface area (Å²) in [5.74, 6) is -0.263. The average molecular weight is 360 g/mol. The van der Waals surface area contributed by atoms with Crippen molar-refractivity contribution in [2.24, 2.45) is 0 Å². The largest absolute Gasteiger partial charge is 0.504 e. The van der Waals surface area contributed by atoms with Gasteiger partial charge in [-0.15, -0.1) is 22.7 Å². The molecule has 0 radical (unpaired) electrons. The normalized spacial score (nSPS) is 11.4. The van der Waals surface area contributed by atoms with Crippen LogP contribution in [0.15, 0.2) is 24.3 Å². The van der Waals surface area contributed by atoms with Crippen LogP contribution in [0.1, 0.15) is 9.75 Å². The van der Waals surface area contributed by atoms with Crippen molar-refractivity contribution >= 4 is 45.4 Å². The Bertz CT molecular complexity index is 949. The lowest BCUT2D eigenvalue weighted by Gasteiger charge is -2.10. The minimum Gasteiger partial charge on any atom is -0.504 e. The van der Waals surface area contributed by atoms with Crippen LogP contribution < -0.4 is 0 Å². The molecule has 116 valence electrons. The smallest absolute Gasteiger partial charge is 0.169 e. The molecule has 0 fully saturated rings. The number of phenolic OH excluding ortho intramolecular Hbond substituents is 2. The van der Waals surface area contributed by atoms with Crippen molar-refractivity contribution in [3.8, 4) is 32.4 Å². The summed E-state index contributed by atoms with van der Waals surface area (Å²) in [6, 6.07) is 7.84. The van der Waals surface area contributed by atoms with Crippen molar-refractivity contribution in [2.45, 2.75) is 13.8 Å². The Morgan fingerprint density at radius 3 is 1.52 bits per heavy atom. The lowest BCUT2D eigenvalue weighted by atomic mass is 10.0. The molecule has 0 amide bonds. The summed E-state index contributed by atoms with van der Waals surface area (Å²) < 4.78 is 8.74. The maximum atomic E-state index is 10.6. The van der Waals surface area contributed by atoms with Gasteiger partial charge in [0.1, 0.15) is 11.0 Å². The first-order valence-corrected chi connectivity index (χ1v) is 9.26. The average Bonchev–Trinajstić information content (AvgIpc) is 3.23. The molecule has 3 aromatic heterocycles. The lowest BCUT2D eigenvalue weighted by Crippen LogP contribution is -1.86. The number of nitrogens with zero attached hydrogens (tertiary/aromatic N) is 2. The van der Waals surface area contributed by atoms with Crippen LogP contribution in [0.4, 0.5) is 0 Å². The number of phenols is 2. The third-order valence-corrected chi connectivity index (χ3v) is 6.20. The first kappa shape index (κ1) is 14.6. The van der Waals surface area contributed by atoms with Crippen LogP contribution in [-0.4, -0.2) is 19.0 Å². The summed E-state index contributed by atoms with van der Waals surface area (Å²) in [6.07, 6.45) is 0. The minimum absolute atomic E-state index is 0.131. The molecule has 4 nitrogen and oxygen atoms in total. The van der Waals surface area contributed by atoms with Crippen molar-refractivity contribution in [3.05, 3.63) is 34.0 Å². The van der Waals surface area contributed by atoms with E-state index in [2.05, 4.69) is 8.75 Å². The zero-order valence-corrected chi connectivity index (χ0v) is 14.8. The van der Waals surface area contributed by atoms with Gasteiger partial charge in [0.15, 0.2) is 11.5 Å². The molecular weight excluding hydrogens is 348 g/mol. The summed E-state index contributed by atoms with van der Waals surface area (Å²) in [7, 11) is 0. The number of rotatable bonds is 2. The van der Waals surface area contributed by atoms with Crippen LogP contribution in [0, 0.1) is 13.8 Å². The van der Waals surface area contributed by atoms with E-state index in [0.29, 0.717) is 22.2 Å². The highest BCUT2D eigenvalue weighted by Gasteiger charge is 2.25. The quantitative estimate of drug-likeness (QED) is 0.484. The van der Waals surface area contributed by atoms with Gasteiger partial charge in [0.05, 0.1) is 22.9 Å². The number of hydrogen-bond acceptors (Lipinski definition) is 7. The fourth-order valence-corrected chi connectivity index (χ4v) is 4.97. The van der Waals surface area contributed by atoms with Crippen LogP contribution in [0.3, 0.4) is 0 Å². The van der Waals surface area contributed by atoms with Crippen molar-refractivity contribution in [1.29, 1.82) is 0 Å². The predicted molar refractivity (Wildman–Crippen MR) is 96.8 cm³/mol. The molecular formula is C16H12N2O2S3. The summed E-state index contributed by atoms with van der Waals surface area (Å²) in [6.45, 7) is 4.01. The second-order valence-corrected chi connectivity index (χ2v) is 8.33. The number of aryl methyl sites for hydroxylation is 2. The Balaban J connectivity index is 2.09. The highest BCUT2D eigenvalue weighted by Crippen LogP contribution is 2.51. The molecule has 2 N–H and O–H groups in total. The maximum Gasteiger partial charge on any atom is 0.169 e. The van der Waals surface area contributed by atoms with Gasteiger partial charge >= 0.3 is 0 Å². The Kier molecular flexibility index (Phi) is 3.37. The monoisotopic (exact) mass is 360 g/mol. The van der Waals surface area contributed by atoms with E-state index < -0.39 is 0 Å². The lowest BCUT2D eigenvalue weighted by molar-refractivity contribution is 0.407. The number of hydrogen-bond donors (Lipinski definition) is 2. The third kappa shape index (κ3) is 2.23. The molecule has 0 atom stereocenters. The third-order valence-electron chi connectivity index (χ3n) is 3.63. The van der Waals surface area contributed by atoms with E-state index in [-0.39, 0.29) is 11.5 Å². The van der Waals surface area contributed by atoms with Crippen LogP contribution >= 0.6 is 34.4 Å². The van der Waals surface area contributed by atoms with E-state index in [9.17, 15) is 10.2 Å². The number of fused-ring (bicyclic) bond motifs is 1. The molecule has 3 heterocycles. The molecule has 0 spiro atoms. The Morgan fingerprint density at radius 2 is 1.17 bits per heavy atom. The van der Waals surface area contributed by atoms with E-state index in [1.54, 1.807) is 22.7 Å². The van der Waals surface area contributed by atoms with Crippen LogP contribution in [-0.2, 0) is 0 Å². The Morgan fingerprint density at radius 1 is 0.739 bits per heavy atom. The van der Waals surface area contributed by atoms with Gasteiger partial charge in [-0.3, -0.25) is 0 Å². The van der Waals surface area contributed by atoms with Gasteiger partial charge in [-0.25, -0.2) is 0 Å². The van der Waals surface area contributed by atoms with Gasteiger partial charge in [0.2, 0.25) is 0 Å². The SMILES string of the molecule is Cc1ccc(-c2c(O)c(O)c(-c3ccc(C)s3)c3nsnc23)s1. The molecule has 0 saturated heterocycles. The van der Waals surface area contributed by atoms with Gasteiger partial charge in [0, 0.05) is 19.5 Å². The molecule has 0 aliphatic heterocycles. The zero-order chi connectivity index (χ0) is 16.1. The first-order chi connectivity index (χ1) is 11.1. The van der Waals surface area contributed by atoms with E-state index in [1.807, 2.05) is 38.1 Å². The Labute approximate surface area is 144 Å². The van der Waals surface area contributed by atoms with Crippen molar-refractivity contribution in [2.75, 3.05) is 0 Å². The summed E-state index contributed by atoms with van der Waals surface area (Å²) in [5, 5.41) is 21.2. The molecule has 4 rings (SSSR count). The van der Waals surface area contributed by atoms with E-state index in [1.165, 1.54) is 0 Å². The van der Waals surface area contributed by atoms with Crippen LogP contribution in [0.2, 0.25) is 0 Å². The highest BCUT2D eigenvalue weighted by molar-refractivity contribution is 7.16. The standard InChI is InChI=1S/C16H12N2O2S3/c1-7-3-5-9(21-7)11-13-14(18-23-17-13)12(16(20)15(11)19)10-6-4-8(2)22-10/h3-6,19-20H,1-2H3. The molecule has 0 unspecified atom stereocenters. The highest BCUT2D eigenvalue weighted by atomic mass is 32.1. The minimum atomic E-state index is -0.131. The van der Waals surface area contributed by atoms with Gasteiger partial charge in [-0.05, 0) is 38.1 Å². The number of aromatic nitrogens is 2. The van der Waals surface area contributed by atoms with Gasteiger partial charge < -0.3 is 10.2 Å². The second-order valence-electron chi connectivity index (χ2n) is 5.23. The van der Waals surface area contributed by atoms with Gasteiger partial charge in [-0.1, -0.05) is 0 Å². The molecule has 23 heavy (non-hydrogen) atoms. The molecule has 0 aliphatic rings. The summed E-state index contributed by atoms with van der Waals surface area (Å²) in [5.41, 5.74) is 2.38. The zero-order valence-electron chi connectivity index (χ0n) is 12.3. The topological polar surface area (TPSA) is 66.2 Å². The van der Waals surface area contributed by atoms with Gasteiger partial charge in [-0.2, -0.15) is 8.75 Å². The fourth-order valence-electron chi connectivity index (χ4n) is 2.58. The number of thiophene rings is 2. The van der Waals surface area contributed by atoms with Gasteiger partial charge in [0.25, 0.3) is 0 Å². The van der Waals surface area contributed by atoms with Crippen molar-refractivity contribution in [3.63, 3.8) is 0 Å². The predicted octanol–water partition coefficient (Wildman–Crippen LogP) is 5.18. The molecule has 0 aliphatic carbocycles. The Hall–Kier alpha value is -1.96. The number of aromatic hydroxyl groups is 2. The van der Waals surface area contributed by atoms with Crippen LogP contribution in [0.5, 0.6) is 11.5 Å². The van der Waals surface area contributed by atoms with Crippen molar-refractivity contribution in [1.82, 2.24) is 8.75 Å². The molecule has 7 heteroatoms. The van der Waals surface area contributed by atoms with Crippen LogP contribution in [0.25, 0.3) is 31.9 Å². The summed E-state index contributed by atoms with van der Waals surface area (Å²) in [4.78, 5) is 4.02. The van der Waals surface area contributed by atoms with Crippen molar-refractivity contribution < 1.29 is 10.2 Å².